The van der Waals surface area contributed by atoms with Gasteiger partial charge in [0.1, 0.15) is 24.7 Å². The third-order valence-corrected chi connectivity index (χ3v) is 2.83. The van der Waals surface area contributed by atoms with Crippen molar-refractivity contribution in [3.05, 3.63) is 66.7 Å². The number of rotatable bonds is 7. The number of nitrogens with two attached hydrogens (primary N) is 1. The molecular weight excluding hydrogens is 250 g/mol. The Hall–Kier alpha value is -2.42. The van der Waals surface area contributed by atoms with Crippen LogP contribution in [0, 0.1) is 0 Å². The lowest BCUT2D eigenvalue weighted by molar-refractivity contribution is 0.216. The molecule has 0 aromatic heterocycles. The summed E-state index contributed by atoms with van der Waals surface area (Å²) in [5.74, 6) is 1.68. The SMILES string of the molecule is C=CCc1ccccc1OCCOc1ccc(N)cc1. The molecule has 0 aliphatic carbocycles. The number of hydrogen-bond acceptors (Lipinski definition) is 3. The van der Waals surface area contributed by atoms with Crippen LogP contribution in [0.3, 0.4) is 0 Å². The van der Waals surface area contributed by atoms with Crippen molar-refractivity contribution < 1.29 is 9.47 Å². The van der Waals surface area contributed by atoms with Crippen LogP contribution in [-0.2, 0) is 6.42 Å². The minimum absolute atomic E-state index is 0.492. The quantitative estimate of drug-likeness (QED) is 0.475. The normalized spacial score (nSPS) is 10.0. The first-order valence-electron chi connectivity index (χ1n) is 6.59. The largest absolute Gasteiger partial charge is 0.490 e. The summed E-state index contributed by atoms with van der Waals surface area (Å²) in [6.07, 6.45) is 2.67. The minimum atomic E-state index is 0.492. The van der Waals surface area contributed by atoms with Crippen molar-refractivity contribution in [1.82, 2.24) is 0 Å². The van der Waals surface area contributed by atoms with E-state index < -0.39 is 0 Å². The molecule has 0 saturated carbocycles. The Balaban J connectivity index is 1.81. The van der Waals surface area contributed by atoms with Gasteiger partial charge in [0.2, 0.25) is 0 Å². The van der Waals surface area contributed by atoms with Gasteiger partial charge in [-0.25, -0.2) is 0 Å². The number of ether oxygens (including phenoxy) is 2. The van der Waals surface area contributed by atoms with Gasteiger partial charge in [0, 0.05) is 5.69 Å². The van der Waals surface area contributed by atoms with Gasteiger partial charge in [0.05, 0.1) is 0 Å². The Labute approximate surface area is 119 Å². The average molecular weight is 269 g/mol. The molecule has 0 aliphatic heterocycles. The Bertz CT molecular complexity index is 549. The second kappa shape index (κ2) is 7.24. The number of hydrogen-bond donors (Lipinski definition) is 1. The van der Waals surface area contributed by atoms with Crippen molar-refractivity contribution in [2.75, 3.05) is 18.9 Å². The molecule has 2 N–H and O–H groups in total. The highest BCUT2D eigenvalue weighted by molar-refractivity contribution is 5.41. The molecule has 3 nitrogen and oxygen atoms in total. The molecule has 20 heavy (non-hydrogen) atoms. The molecule has 0 unspecified atom stereocenters. The molecule has 3 heteroatoms. The maximum atomic E-state index is 5.74. The summed E-state index contributed by atoms with van der Waals surface area (Å²) in [5, 5.41) is 0. The Kier molecular flexibility index (Phi) is 5.07. The third kappa shape index (κ3) is 4.05. The summed E-state index contributed by atoms with van der Waals surface area (Å²) >= 11 is 0. The summed E-state index contributed by atoms with van der Waals surface area (Å²) in [5.41, 5.74) is 7.48. The Morgan fingerprint density at radius 3 is 2.40 bits per heavy atom. The predicted octanol–water partition coefficient (Wildman–Crippen LogP) is 3.46. The van der Waals surface area contributed by atoms with E-state index in [1.165, 1.54) is 0 Å². The highest BCUT2D eigenvalue weighted by Crippen LogP contribution is 2.19. The second-order valence-corrected chi connectivity index (χ2v) is 4.37. The molecule has 0 atom stereocenters. The van der Waals surface area contributed by atoms with Gasteiger partial charge in [0.15, 0.2) is 0 Å². The molecule has 104 valence electrons. The maximum Gasteiger partial charge on any atom is 0.122 e. The lowest BCUT2D eigenvalue weighted by Crippen LogP contribution is -2.09. The van der Waals surface area contributed by atoms with Crippen molar-refractivity contribution >= 4 is 5.69 Å². The topological polar surface area (TPSA) is 44.5 Å². The van der Waals surface area contributed by atoms with Gasteiger partial charge < -0.3 is 15.2 Å². The molecule has 0 amide bonds. The van der Waals surface area contributed by atoms with Crippen LogP contribution < -0.4 is 15.2 Å². The van der Waals surface area contributed by atoms with Crippen LogP contribution in [-0.4, -0.2) is 13.2 Å². The molecule has 0 spiro atoms. The Morgan fingerprint density at radius 1 is 0.950 bits per heavy atom. The smallest absolute Gasteiger partial charge is 0.122 e. The number of nitrogen functional groups attached to an aromatic ring is 1. The van der Waals surface area contributed by atoms with E-state index in [4.69, 9.17) is 15.2 Å². The van der Waals surface area contributed by atoms with E-state index in [9.17, 15) is 0 Å². The number of allylic oxidation sites excluding steroid dienone is 1. The van der Waals surface area contributed by atoms with Gasteiger partial charge in [-0.1, -0.05) is 24.3 Å². The monoisotopic (exact) mass is 269 g/mol. The number of para-hydroxylation sites is 1. The van der Waals surface area contributed by atoms with Crippen LogP contribution in [0.2, 0.25) is 0 Å². The number of anilines is 1. The zero-order valence-corrected chi connectivity index (χ0v) is 11.4. The molecule has 2 rings (SSSR count). The van der Waals surface area contributed by atoms with E-state index >= 15 is 0 Å². The first-order chi connectivity index (χ1) is 9.79. The van der Waals surface area contributed by atoms with Gasteiger partial charge in [-0.3, -0.25) is 0 Å². The highest BCUT2D eigenvalue weighted by atomic mass is 16.5. The van der Waals surface area contributed by atoms with Gasteiger partial charge in [-0.2, -0.15) is 0 Å². The van der Waals surface area contributed by atoms with E-state index in [0.717, 1.165) is 29.2 Å². The molecule has 0 saturated heterocycles. The van der Waals surface area contributed by atoms with E-state index in [-0.39, 0.29) is 0 Å². The van der Waals surface area contributed by atoms with Crippen molar-refractivity contribution in [2.24, 2.45) is 0 Å². The van der Waals surface area contributed by atoms with Gasteiger partial charge >= 0.3 is 0 Å². The lowest BCUT2D eigenvalue weighted by Gasteiger charge is -2.11. The van der Waals surface area contributed by atoms with E-state index in [0.29, 0.717) is 13.2 Å². The first kappa shape index (κ1) is 14.0. The molecule has 2 aromatic carbocycles. The van der Waals surface area contributed by atoms with Crippen LogP contribution in [0.4, 0.5) is 5.69 Å². The summed E-state index contributed by atoms with van der Waals surface area (Å²) in [7, 11) is 0. The summed E-state index contributed by atoms with van der Waals surface area (Å²) in [4.78, 5) is 0. The number of benzene rings is 2. The van der Waals surface area contributed by atoms with Gasteiger partial charge in [-0.05, 0) is 42.3 Å². The first-order valence-corrected chi connectivity index (χ1v) is 6.59. The van der Waals surface area contributed by atoms with Crippen LogP contribution in [0.1, 0.15) is 5.56 Å². The fourth-order valence-electron chi connectivity index (χ4n) is 1.84. The molecular formula is C17H19NO2. The molecule has 2 aromatic rings. The van der Waals surface area contributed by atoms with Crippen molar-refractivity contribution in [2.45, 2.75) is 6.42 Å². The third-order valence-electron chi connectivity index (χ3n) is 2.83. The van der Waals surface area contributed by atoms with Crippen molar-refractivity contribution in [3.63, 3.8) is 0 Å². The summed E-state index contributed by atoms with van der Waals surface area (Å²) in [6, 6.07) is 15.3. The zero-order valence-electron chi connectivity index (χ0n) is 11.4. The van der Waals surface area contributed by atoms with E-state index in [1.54, 1.807) is 0 Å². The standard InChI is InChI=1S/C17H19NO2/c1-2-5-14-6-3-4-7-17(14)20-13-12-19-16-10-8-15(18)9-11-16/h2-4,6-11H,1,5,12-13,18H2. The predicted molar refractivity (Wildman–Crippen MR) is 82.2 cm³/mol. The molecule has 0 radical (unpaired) electrons. The van der Waals surface area contributed by atoms with Gasteiger partial charge in [0.25, 0.3) is 0 Å². The maximum absolute atomic E-state index is 5.74. The van der Waals surface area contributed by atoms with E-state index in [1.807, 2.05) is 54.6 Å². The molecule has 0 heterocycles. The summed E-state index contributed by atoms with van der Waals surface area (Å²) < 4.78 is 11.3. The van der Waals surface area contributed by atoms with Crippen LogP contribution >= 0.6 is 0 Å². The van der Waals surface area contributed by atoms with Crippen LogP contribution in [0.15, 0.2) is 61.2 Å². The average Bonchev–Trinajstić information content (AvgIpc) is 2.47. The fourth-order valence-corrected chi connectivity index (χ4v) is 1.84. The second-order valence-electron chi connectivity index (χ2n) is 4.37. The lowest BCUT2D eigenvalue weighted by atomic mass is 10.1. The fraction of sp³-hybridized carbons (Fsp3) is 0.176. The molecule has 0 bridgehead atoms. The Morgan fingerprint density at radius 2 is 1.65 bits per heavy atom. The summed E-state index contributed by atoms with van der Waals surface area (Å²) in [6.45, 7) is 4.74. The molecule has 0 aliphatic rings. The zero-order chi connectivity index (χ0) is 14.2. The van der Waals surface area contributed by atoms with Crippen molar-refractivity contribution in [3.8, 4) is 11.5 Å². The van der Waals surface area contributed by atoms with Crippen LogP contribution in [0.25, 0.3) is 0 Å². The van der Waals surface area contributed by atoms with Crippen molar-refractivity contribution in [1.29, 1.82) is 0 Å². The van der Waals surface area contributed by atoms with Crippen LogP contribution in [0.5, 0.6) is 11.5 Å². The van der Waals surface area contributed by atoms with E-state index in [2.05, 4.69) is 6.58 Å². The molecule has 0 fully saturated rings. The highest BCUT2D eigenvalue weighted by Gasteiger charge is 2.01. The van der Waals surface area contributed by atoms with Gasteiger partial charge in [-0.15, -0.1) is 6.58 Å². The minimum Gasteiger partial charge on any atom is -0.490 e.